The highest BCUT2D eigenvalue weighted by atomic mass is 35.5. The van der Waals surface area contributed by atoms with E-state index in [1.165, 1.54) is 18.6 Å². The van der Waals surface area contributed by atoms with Crippen LogP contribution in [0.2, 0.25) is 5.02 Å². The van der Waals surface area contributed by atoms with E-state index in [-0.39, 0.29) is 30.1 Å². The number of nitrogens with one attached hydrogen (secondary N) is 1. The molecule has 4 nitrogen and oxygen atoms in total. The van der Waals surface area contributed by atoms with Gasteiger partial charge < -0.3 is 10.2 Å². The van der Waals surface area contributed by atoms with Gasteiger partial charge >= 0.3 is 0 Å². The normalized spacial score (nSPS) is 15.3. The topological polar surface area (TPSA) is 49.4 Å². The highest BCUT2D eigenvalue weighted by Crippen LogP contribution is 2.20. The van der Waals surface area contributed by atoms with Gasteiger partial charge in [-0.2, -0.15) is 0 Å². The molecule has 0 aliphatic heterocycles. The molecule has 0 aromatic heterocycles. The van der Waals surface area contributed by atoms with Gasteiger partial charge in [0.25, 0.3) is 0 Å². The molecule has 1 N–H and O–H groups in total. The molecule has 2 amide bonds. The molecule has 0 heterocycles. The van der Waals surface area contributed by atoms with E-state index in [0.29, 0.717) is 18.0 Å². The average Bonchev–Trinajstić information content (AvgIpc) is 2.77. The lowest BCUT2D eigenvalue weighted by Crippen LogP contribution is -2.51. The van der Waals surface area contributed by atoms with Crippen molar-refractivity contribution in [1.29, 1.82) is 0 Å². The van der Waals surface area contributed by atoms with Crippen molar-refractivity contribution in [2.45, 2.75) is 70.5 Å². The van der Waals surface area contributed by atoms with Crippen molar-refractivity contribution in [2.24, 2.45) is 0 Å². The quantitative estimate of drug-likeness (QED) is 0.602. The summed E-state index contributed by atoms with van der Waals surface area (Å²) < 4.78 is 13.3. The zero-order chi connectivity index (χ0) is 22.2. The largest absolute Gasteiger partial charge is 0.352 e. The Balaban J connectivity index is 1.79. The summed E-state index contributed by atoms with van der Waals surface area (Å²) in [4.78, 5) is 28.1. The summed E-state index contributed by atoms with van der Waals surface area (Å²) in [5, 5.41) is 3.79. The monoisotopic (exact) mass is 444 g/mol. The summed E-state index contributed by atoms with van der Waals surface area (Å²) in [6.45, 7) is 2.24. The van der Waals surface area contributed by atoms with Crippen LogP contribution in [0.25, 0.3) is 0 Å². The van der Waals surface area contributed by atoms with Crippen LogP contribution >= 0.6 is 11.6 Å². The van der Waals surface area contributed by atoms with Gasteiger partial charge in [0.1, 0.15) is 11.9 Å². The minimum atomic E-state index is -0.564. The molecule has 31 heavy (non-hydrogen) atoms. The first-order chi connectivity index (χ1) is 15.0. The van der Waals surface area contributed by atoms with Gasteiger partial charge in [0.05, 0.1) is 6.42 Å². The second-order valence-corrected chi connectivity index (χ2v) is 8.66. The summed E-state index contributed by atoms with van der Waals surface area (Å²) in [5.74, 6) is -0.601. The Bertz CT molecular complexity index is 864. The van der Waals surface area contributed by atoms with Crippen molar-refractivity contribution in [3.63, 3.8) is 0 Å². The van der Waals surface area contributed by atoms with Crippen LogP contribution < -0.4 is 5.32 Å². The Morgan fingerprint density at radius 2 is 1.65 bits per heavy atom. The number of hydrogen-bond acceptors (Lipinski definition) is 2. The smallest absolute Gasteiger partial charge is 0.243 e. The van der Waals surface area contributed by atoms with E-state index in [1.54, 1.807) is 29.2 Å². The molecule has 1 atom stereocenters. The molecule has 2 aromatic carbocycles. The Kier molecular flexibility index (Phi) is 8.47. The van der Waals surface area contributed by atoms with E-state index in [1.807, 2.05) is 19.1 Å². The summed E-state index contributed by atoms with van der Waals surface area (Å²) in [7, 11) is 0. The minimum absolute atomic E-state index is 0.101. The van der Waals surface area contributed by atoms with Gasteiger partial charge in [-0.05, 0) is 54.7 Å². The fraction of sp³-hybridized carbons (Fsp3) is 0.440. The fourth-order valence-corrected chi connectivity index (χ4v) is 4.25. The van der Waals surface area contributed by atoms with Crippen molar-refractivity contribution >= 4 is 23.4 Å². The third-order valence-electron chi connectivity index (χ3n) is 5.87. The number of amides is 2. The van der Waals surface area contributed by atoms with Gasteiger partial charge in [0.15, 0.2) is 0 Å². The van der Waals surface area contributed by atoms with Gasteiger partial charge in [-0.25, -0.2) is 4.39 Å². The van der Waals surface area contributed by atoms with Crippen molar-refractivity contribution in [3.05, 3.63) is 70.5 Å². The van der Waals surface area contributed by atoms with Crippen molar-refractivity contribution < 1.29 is 14.0 Å². The van der Waals surface area contributed by atoms with Crippen molar-refractivity contribution in [1.82, 2.24) is 10.2 Å². The second kappa shape index (κ2) is 11.3. The minimum Gasteiger partial charge on any atom is -0.352 e. The molecule has 3 rings (SSSR count). The SMILES string of the molecule is CC[C@H](C(=O)NC1CCCCC1)N(Cc1ccc(Cl)cc1)C(=O)Cc1ccc(F)cc1. The summed E-state index contributed by atoms with van der Waals surface area (Å²) in [6, 6.07) is 12.8. The molecule has 1 aliphatic carbocycles. The number of halogens is 2. The van der Waals surface area contributed by atoms with Gasteiger partial charge in [0.2, 0.25) is 11.8 Å². The predicted molar refractivity (Wildman–Crippen MR) is 121 cm³/mol. The first-order valence-corrected chi connectivity index (χ1v) is 11.4. The van der Waals surface area contributed by atoms with Crippen LogP contribution in [-0.2, 0) is 22.6 Å². The van der Waals surface area contributed by atoms with E-state index in [2.05, 4.69) is 5.32 Å². The molecule has 1 saturated carbocycles. The van der Waals surface area contributed by atoms with Gasteiger partial charge in [-0.15, -0.1) is 0 Å². The van der Waals surface area contributed by atoms with Crippen molar-refractivity contribution in [2.75, 3.05) is 0 Å². The number of hydrogen-bond donors (Lipinski definition) is 1. The van der Waals surface area contributed by atoms with Gasteiger partial charge in [-0.3, -0.25) is 9.59 Å². The van der Waals surface area contributed by atoms with E-state index < -0.39 is 6.04 Å². The second-order valence-electron chi connectivity index (χ2n) is 8.22. The van der Waals surface area contributed by atoms with Crippen LogP contribution in [-0.4, -0.2) is 28.8 Å². The Morgan fingerprint density at radius 1 is 1.03 bits per heavy atom. The van der Waals surface area contributed by atoms with E-state index in [4.69, 9.17) is 11.6 Å². The van der Waals surface area contributed by atoms with Crippen LogP contribution in [0.4, 0.5) is 4.39 Å². The van der Waals surface area contributed by atoms with Crippen LogP contribution in [0.15, 0.2) is 48.5 Å². The van der Waals surface area contributed by atoms with Gasteiger partial charge in [-0.1, -0.05) is 62.1 Å². The summed E-state index contributed by atoms with van der Waals surface area (Å²) in [5.41, 5.74) is 1.62. The molecular weight excluding hydrogens is 415 g/mol. The molecule has 0 saturated heterocycles. The standard InChI is InChI=1S/C25H30ClFN2O2/c1-2-23(25(31)28-22-6-4-3-5-7-22)29(17-19-8-12-20(26)13-9-19)24(30)16-18-10-14-21(27)15-11-18/h8-15,22-23H,2-7,16-17H2,1H3,(H,28,31)/t23-/m1/s1. The fourth-order valence-electron chi connectivity index (χ4n) is 4.13. The summed E-state index contributed by atoms with van der Waals surface area (Å²) in [6.07, 6.45) is 6.07. The van der Waals surface area contributed by atoms with E-state index >= 15 is 0 Å². The maximum absolute atomic E-state index is 13.3. The lowest BCUT2D eigenvalue weighted by molar-refractivity contribution is -0.141. The molecule has 166 valence electrons. The molecule has 0 spiro atoms. The van der Waals surface area contributed by atoms with Crippen LogP contribution in [0.1, 0.15) is 56.6 Å². The average molecular weight is 445 g/mol. The molecule has 0 unspecified atom stereocenters. The molecular formula is C25H30ClFN2O2. The highest BCUT2D eigenvalue weighted by molar-refractivity contribution is 6.30. The number of benzene rings is 2. The molecule has 0 bridgehead atoms. The number of nitrogens with zero attached hydrogens (tertiary/aromatic N) is 1. The molecule has 2 aromatic rings. The molecule has 0 radical (unpaired) electrons. The maximum Gasteiger partial charge on any atom is 0.243 e. The zero-order valence-electron chi connectivity index (χ0n) is 17.9. The molecule has 6 heteroatoms. The summed E-state index contributed by atoms with van der Waals surface area (Å²) >= 11 is 6.00. The lowest BCUT2D eigenvalue weighted by Gasteiger charge is -2.33. The van der Waals surface area contributed by atoms with Crippen LogP contribution in [0.5, 0.6) is 0 Å². The maximum atomic E-state index is 13.3. The van der Waals surface area contributed by atoms with E-state index in [0.717, 1.165) is 36.8 Å². The number of carbonyl (C=O) groups is 2. The Hall–Kier alpha value is -2.40. The third kappa shape index (κ3) is 6.79. The number of carbonyl (C=O) groups excluding carboxylic acids is 2. The highest BCUT2D eigenvalue weighted by Gasteiger charge is 2.30. The van der Waals surface area contributed by atoms with Crippen LogP contribution in [0.3, 0.4) is 0 Å². The third-order valence-corrected chi connectivity index (χ3v) is 6.12. The molecule has 1 aliphatic rings. The van der Waals surface area contributed by atoms with Crippen LogP contribution in [0, 0.1) is 5.82 Å². The van der Waals surface area contributed by atoms with Crippen molar-refractivity contribution in [3.8, 4) is 0 Å². The predicted octanol–water partition coefficient (Wildman–Crippen LogP) is 5.28. The Labute approximate surface area is 188 Å². The zero-order valence-corrected chi connectivity index (χ0v) is 18.7. The van der Waals surface area contributed by atoms with Gasteiger partial charge in [0, 0.05) is 17.6 Å². The first-order valence-electron chi connectivity index (χ1n) is 11.0. The lowest BCUT2D eigenvalue weighted by atomic mass is 9.95. The van der Waals surface area contributed by atoms with E-state index in [9.17, 15) is 14.0 Å². The molecule has 1 fully saturated rings. The Morgan fingerprint density at radius 3 is 2.26 bits per heavy atom. The first kappa shape index (κ1) is 23.3. The number of rotatable bonds is 8.